The van der Waals surface area contributed by atoms with E-state index >= 15 is 0 Å². The van der Waals surface area contributed by atoms with Gasteiger partial charge in [0, 0.05) is 16.6 Å². The number of amides is 2. The van der Waals surface area contributed by atoms with E-state index in [0.717, 1.165) is 33.1 Å². The maximum atomic E-state index is 13.1. The van der Waals surface area contributed by atoms with Crippen molar-refractivity contribution < 1.29 is 14.3 Å². The molecule has 2 aromatic carbocycles. The fourth-order valence-electron chi connectivity index (χ4n) is 3.66. The summed E-state index contributed by atoms with van der Waals surface area (Å²) in [5.74, 6) is 0.0777. The molecule has 31 heavy (non-hydrogen) atoms. The lowest BCUT2D eigenvalue weighted by Gasteiger charge is -2.36. The fourth-order valence-corrected chi connectivity index (χ4v) is 4.28. The van der Waals surface area contributed by atoms with E-state index in [1.807, 2.05) is 62.5 Å². The monoisotopic (exact) mass is 435 g/mol. The first kappa shape index (κ1) is 21.1. The zero-order valence-electron chi connectivity index (χ0n) is 18.2. The second kappa shape index (κ2) is 8.15. The number of aryl methyl sites for hydroxylation is 2. The van der Waals surface area contributed by atoms with E-state index < -0.39 is 12.1 Å². The highest BCUT2D eigenvalue weighted by atomic mass is 32.1. The predicted molar refractivity (Wildman–Crippen MR) is 124 cm³/mol. The van der Waals surface area contributed by atoms with E-state index in [0.29, 0.717) is 11.4 Å². The fraction of sp³-hybridized carbons (Fsp3) is 0.292. The smallest absolute Gasteiger partial charge is 0.268 e. The summed E-state index contributed by atoms with van der Waals surface area (Å²) in [7, 11) is 0. The molecule has 4 rings (SSSR count). The topological polar surface area (TPSA) is 71.5 Å². The predicted octanol–water partition coefficient (Wildman–Crippen LogP) is 4.88. The Labute approximate surface area is 185 Å². The van der Waals surface area contributed by atoms with Gasteiger partial charge in [0.05, 0.1) is 16.4 Å². The number of hydrogen-bond donors (Lipinski definition) is 1. The minimum Gasteiger partial charge on any atom is -0.479 e. The van der Waals surface area contributed by atoms with Gasteiger partial charge in [-0.05, 0) is 70.0 Å². The number of aromatic nitrogens is 1. The molecule has 1 aromatic heterocycles. The quantitative estimate of drug-likeness (QED) is 0.634. The average Bonchev–Trinajstić information content (AvgIpc) is 3.18. The Bertz CT molecular complexity index is 1170. The van der Waals surface area contributed by atoms with Gasteiger partial charge in [-0.2, -0.15) is 0 Å². The SMILES string of the molecule is Cc1nc(-c2ccc3c(c2)N(C(C)C(=O)Nc2cccc(C)c2C)C(=O)C(C)O3)cs1. The van der Waals surface area contributed by atoms with Crippen LogP contribution in [0.4, 0.5) is 11.4 Å². The maximum absolute atomic E-state index is 13.1. The summed E-state index contributed by atoms with van der Waals surface area (Å²) in [4.78, 5) is 32.3. The summed E-state index contributed by atoms with van der Waals surface area (Å²) in [5, 5.41) is 5.92. The van der Waals surface area contributed by atoms with Crippen LogP contribution in [-0.4, -0.2) is 28.9 Å². The Kier molecular flexibility index (Phi) is 5.54. The summed E-state index contributed by atoms with van der Waals surface area (Å²) in [6, 6.07) is 10.7. The van der Waals surface area contributed by atoms with Crippen molar-refractivity contribution in [3.05, 3.63) is 57.9 Å². The third-order valence-corrected chi connectivity index (χ3v) is 6.42. The van der Waals surface area contributed by atoms with Gasteiger partial charge in [-0.15, -0.1) is 11.3 Å². The Balaban J connectivity index is 1.69. The number of carbonyl (C=O) groups excluding carboxylic acids is 2. The Morgan fingerprint density at radius 1 is 1.23 bits per heavy atom. The van der Waals surface area contributed by atoms with Crippen LogP contribution in [0.1, 0.15) is 30.0 Å². The molecule has 0 aliphatic carbocycles. The Morgan fingerprint density at radius 3 is 2.71 bits per heavy atom. The van der Waals surface area contributed by atoms with E-state index in [4.69, 9.17) is 4.74 Å². The van der Waals surface area contributed by atoms with Gasteiger partial charge in [0.15, 0.2) is 6.10 Å². The molecule has 1 aliphatic heterocycles. The summed E-state index contributed by atoms with van der Waals surface area (Å²) >= 11 is 1.57. The highest BCUT2D eigenvalue weighted by Crippen LogP contribution is 2.39. The van der Waals surface area contributed by atoms with Crippen molar-refractivity contribution in [3.8, 4) is 17.0 Å². The second-order valence-corrected chi connectivity index (χ2v) is 8.88. The van der Waals surface area contributed by atoms with Gasteiger partial charge in [0.1, 0.15) is 11.8 Å². The largest absolute Gasteiger partial charge is 0.479 e. The molecule has 1 N–H and O–H groups in total. The zero-order chi connectivity index (χ0) is 22.3. The van der Waals surface area contributed by atoms with Gasteiger partial charge in [-0.1, -0.05) is 12.1 Å². The lowest BCUT2D eigenvalue weighted by molar-refractivity contribution is -0.128. The molecular weight excluding hydrogens is 410 g/mol. The molecule has 0 saturated carbocycles. The van der Waals surface area contributed by atoms with Crippen LogP contribution in [0.5, 0.6) is 5.75 Å². The molecule has 0 spiro atoms. The van der Waals surface area contributed by atoms with Crippen molar-refractivity contribution in [2.24, 2.45) is 0 Å². The molecule has 0 bridgehead atoms. The van der Waals surface area contributed by atoms with Crippen LogP contribution < -0.4 is 15.0 Å². The molecule has 1 aliphatic rings. The third kappa shape index (κ3) is 3.93. The maximum Gasteiger partial charge on any atom is 0.268 e. The molecule has 160 valence electrons. The lowest BCUT2D eigenvalue weighted by atomic mass is 10.1. The first-order chi connectivity index (χ1) is 14.8. The normalized spacial score (nSPS) is 16.5. The molecule has 2 unspecified atom stereocenters. The molecular formula is C24H25N3O3S. The first-order valence-electron chi connectivity index (χ1n) is 10.2. The molecule has 2 amide bonds. The second-order valence-electron chi connectivity index (χ2n) is 7.82. The number of thiazole rings is 1. The highest BCUT2D eigenvalue weighted by Gasteiger charge is 2.37. The number of hydrogen-bond acceptors (Lipinski definition) is 5. The number of carbonyl (C=O) groups is 2. The molecule has 0 saturated heterocycles. The molecule has 2 atom stereocenters. The van der Waals surface area contributed by atoms with Crippen LogP contribution in [-0.2, 0) is 9.59 Å². The number of ether oxygens (including phenoxy) is 1. The molecule has 2 heterocycles. The van der Waals surface area contributed by atoms with Crippen molar-refractivity contribution in [2.45, 2.75) is 46.8 Å². The van der Waals surface area contributed by atoms with Gasteiger partial charge in [-0.25, -0.2) is 4.98 Å². The number of benzene rings is 2. The van der Waals surface area contributed by atoms with Crippen molar-refractivity contribution in [1.82, 2.24) is 4.98 Å². The van der Waals surface area contributed by atoms with Crippen molar-refractivity contribution in [3.63, 3.8) is 0 Å². The van der Waals surface area contributed by atoms with Crippen LogP contribution in [0.25, 0.3) is 11.3 Å². The summed E-state index contributed by atoms with van der Waals surface area (Å²) in [5.41, 5.74) is 5.14. The van der Waals surface area contributed by atoms with E-state index in [-0.39, 0.29) is 11.8 Å². The number of rotatable bonds is 4. The summed E-state index contributed by atoms with van der Waals surface area (Å²) in [6.07, 6.45) is -0.671. The third-order valence-electron chi connectivity index (χ3n) is 5.65. The van der Waals surface area contributed by atoms with Gasteiger partial charge < -0.3 is 10.1 Å². The van der Waals surface area contributed by atoms with Crippen molar-refractivity contribution >= 4 is 34.5 Å². The lowest BCUT2D eigenvalue weighted by Crippen LogP contribution is -2.52. The van der Waals surface area contributed by atoms with Crippen LogP contribution in [0.2, 0.25) is 0 Å². The van der Waals surface area contributed by atoms with E-state index in [1.165, 1.54) is 4.90 Å². The number of nitrogens with zero attached hydrogens (tertiary/aromatic N) is 2. The minimum absolute atomic E-state index is 0.247. The number of fused-ring (bicyclic) bond motifs is 1. The zero-order valence-corrected chi connectivity index (χ0v) is 19.0. The van der Waals surface area contributed by atoms with Crippen molar-refractivity contribution in [1.29, 1.82) is 0 Å². The summed E-state index contributed by atoms with van der Waals surface area (Å²) < 4.78 is 5.81. The number of nitrogens with one attached hydrogen (secondary N) is 1. The van der Waals surface area contributed by atoms with Crippen LogP contribution in [0.15, 0.2) is 41.8 Å². The highest BCUT2D eigenvalue weighted by molar-refractivity contribution is 7.09. The molecule has 3 aromatic rings. The van der Waals surface area contributed by atoms with Crippen LogP contribution in [0.3, 0.4) is 0 Å². The van der Waals surface area contributed by atoms with Gasteiger partial charge in [0.2, 0.25) is 5.91 Å². The van der Waals surface area contributed by atoms with Gasteiger partial charge >= 0.3 is 0 Å². The van der Waals surface area contributed by atoms with Crippen LogP contribution >= 0.6 is 11.3 Å². The summed E-state index contributed by atoms with van der Waals surface area (Å²) in [6.45, 7) is 9.35. The Morgan fingerprint density at radius 2 is 2.00 bits per heavy atom. The minimum atomic E-state index is -0.718. The van der Waals surface area contributed by atoms with E-state index in [1.54, 1.807) is 25.2 Å². The van der Waals surface area contributed by atoms with Crippen molar-refractivity contribution in [2.75, 3.05) is 10.2 Å². The van der Waals surface area contributed by atoms with E-state index in [9.17, 15) is 9.59 Å². The Hall–Kier alpha value is -3.19. The first-order valence-corrected chi connectivity index (χ1v) is 11.1. The molecule has 0 radical (unpaired) electrons. The number of anilines is 2. The molecule has 0 fully saturated rings. The van der Waals surface area contributed by atoms with E-state index in [2.05, 4.69) is 10.3 Å². The van der Waals surface area contributed by atoms with Gasteiger partial charge in [-0.3, -0.25) is 14.5 Å². The van der Waals surface area contributed by atoms with Crippen LogP contribution in [0, 0.1) is 20.8 Å². The molecule has 7 heteroatoms. The standard InChI is InChI=1S/C24H25N3O3S/c1-13-7-6-8-19(14(13)2)26-23(28)15(3)27-21-11-18(20-12-31-17(5)25-20)9-10-22(21)30-16(4)24(27)29/h6-12,15-16H,1-5H3,(H,26,28). The molecule has 6 nitrogen and oxygen atoms in total. The van der Waals surface area contributed by atoms with Gasteiger partial charge in [0.25, 0.3) is 5.91 Å². The average molecular weight is 436 g/mol.